The zero-order valence-corrected chi connectivity index (χ0v) is 15.9. The number of phenols is 1. The highest BCUT2D eigenvalue weighted by molar-refractivity contribution is 6.05. The van der Waals surface area contributed by atoms with Gasteiger partial charge in [-0.05, 0) is 56.7 Å². The molecule has 0 radical (unpaired) electrons. The van der Waals surface area contributed by atoms with Crippen molar-refractivity contribution in [3.63, 3.8) is 0 Å². The summed E-state index contributed by atoms with van der Waals surface area (Å²) in [5.74, 6) is -5.31. The minimum atomic E-state index is -1.20. The lowest BCUT2D eigenvalue weighted by Gasteiger charge is -2.09. The predicted molar refractivity (Wildman–Crippen MR) is 99.3 cm³/mol. The SMILES string of the molecule is Cc1c(CC(=O)OC(C)C)c2c(F)c(O)ccc2n1C(=O)c1ccc(F)c(F)c1. The van der Waals surface area contributed by atoms with Crippen molar-refractivity contribution in [2.24, 2.45) is 0 Å². The van der Waals surface area contributed by atoms with E-state index in [2.05, 4.69) is 0 Å². The number of benzene rings is 2. The van der Waals surface area contributed by atoms with Crippen LogP contribution in [0.25, 0.3) is 10.9 Å². The summed E-state index contributed by atoms with van der Waals surface area (Å²) in [5.41, 5.74) is 0.309. The quantitative estimate of drug-likeness (QED) is 0.659. The molecule has 0 bridgehead atoms. The van der Waals surface area contributed by atoms with Crippen LogP contribution in [0, 0.1) is 24.4 Å². The van der Waals surface area contributed by atoms with Gasteiger partial charge in [-0.25, -0.2) is 13.2 Å². The Balaban J connectivity index is 2.21. The molecular formula is C21H18F3NO4. The van der Waals surface area contributed by atoms with Gasteiger partial charge >= 0.3 is 5.97 Å². The van der Waals surface area contributed by atoms with Crippen LogP contribution < -0.4 is 0 Å². The third kappa shape index (κ3) is 3.70. The van der Waals surface area contributed by atoms with Crippen molar-refractivity contribution < 1.29 is 32.6 Å². The van der Waals surface area contributed by atoms with E-state index in [1.54, 1.807) is 13.8 Å². The summed E-state index contributed by atoms with van der Waals surface area (Å²) in [6.07, 6.45) is -0.725. The van der Waals surface area contributed by atoms with Crippen molar-refractivity contribution >= 4 is 22.8 Å². The lowest BCUT2D eigenvalue weighted by atomic mass is 10.1. The van der Waals surface area contributed by atoms with Gasteiger partial charge in [-0.2, -0.15) is 0 Å². The average Bonchev–Trinajstić information content (AvgIpc) is 2.91. The van der Waals surface area contributed by atoms with Gasteiger partial charge in [0.05, 0.1) is 18.0 Å². The zero-order valence-electron chi connectivity index (χ0n) is 15.9. The number of carbonyl (C=O) groups is 2. The van der Waals surface area contributed by atoms with E-state index in [1.807, 2.05) is 0 Å². The highest BCUT2D eigenvalue weighted by Gasteiger charge is 2.26. The van der Waals surface area contributed by atoms with Crippen LogP contribution in [0.1, 0.15) is 35.5 Å². The number of halogens is 3. The van der Waals surface area contributed by atoms with Crippen molar-refractivity contribution in [2.75, 3.05) is 0 Å². The molecule has 0 aliphatic heterocycles. The maximum Gasteiger partial charge on any atom is 0.310 e. The molecule has 29 heavy (non-hydrogen) atoms. The zero-order chi connectivity index (χ0) is 21.5. The summed E-state index contributed by atoms with van der Waals surface area (Å²) in [6, 6.07) is 5.05. The Kier molecular flexibility index (Phi) is 5.37. The van der Waals surface area contributed by atoms with Gasteiger partial charge in [0.15, 0.2) is 23.2 Å². The standard InChI is InChI=1S/C21H18F3NO4/c1-10(2)29-18(27)9-13-11(3)25(16-6-7-17(26)20(24)19(13)16)21(28)12-4-5-14(22)15(23)8-12/h4-8,10,26H,9H2,1-3H3. The second-order valence-electron chi connectivity index (χ2n) is 6.84. The number of ether oxygens (including phenoxy) is 1. The number of hydrogen-bond acceptors (Lipinski definition) is 4. The number of esters is 1. The van der Waals surface area contributed by atoms with Gasteiger partial charge in [0, 0.05) is 16.6 Å². The number of aromatic hydroxyl groups is 1. The molecule has 0 unspecified atom stereocenters. The van der Waals surface area contributed by atoms with Gasteiger partial charge in [0.2, 0.25) is 0 Å². The van der Waals surface area contributed by atoms with Crippen molar-refractivity contribution in [3.05, 3.63) is 64.6 Å². The third-order valence-corrected chi connectivity index (χ3v) is 4.47. The number of phenolic OH excluding ortho intramolecular Hbond substituents is 1. The lowest BCUT2D eigenvalue weighted by molar-refractivity contribution is -0.146. The van der Waals surface area contributed by atoms with Gasteiger partial charge in [-0.1, -0.05) is 0 Å². The minimum Gasteiger partial charge on any atom is -0.505 e. The summed E-state index contributed by atoms with van der Waals surface area (Å²) in [7, 11) is 0. The van der Waals surface area contributed by atoms with Gasteiger partial charge in [0.1, 0.15) is 0 Å². The molecule has 0 aliphatic rings. The van der Waals surface area contributed by atoms with E-state index in [1.165, 1.54) is 13.0 Å². The van der Waals surface area contributed by atoms with E-state index in [4.69, 9.17) is 4.74 Å². The second kappa shape index (κ2) is 7.62. The molecule has 0 spiro atoms. The first-order valence-corrected chi connectivity index (χ1v) is 8.82. The smallest absolute Gasteiger partial charge is 0.310 e. The van der Waals surface area contributed by atoms with Crippen LogP contribution >= 0.6 is 0 Å². The molecule has 0 atom stereocenters. The number of hydrogen-bond donors (Lipinski definition) is 1. The van der Waals surface area contributed by atoms with Crippen LogP contribution in [0.3, 0.4) is 0 Å². The van der Waals surface area contributed by atoms with E-state index >= 15 is 0 Å². The van der Waals surface area contributed by atoms with E-state index in [-0.39, 0.29) is 34.1 Å². The van der Waals surface area contributed by atoms with Crippen molar-refractivity contribution in [1.29, 1.82) is 0 Å². The van der Waals surface area contributed by atoms with Gasteiger partial charge in [0.25, 0.3) is 5.91 Å². The van der Waals surface area contributed by atoms with Crippen molar-refractivity contribution in [2.45, 2.75) is 33.3 Å². The summed E-state index contributed by atoms with van der Waals surface area (Å²) in [6.45, 7) is 4.81. The first kappa shape index (κ1) is 20.4. The molecule has 5 nitrogen and oxygen atoms in total. The summed E-state index contributed by atoms with van der Waals surface area (Å²) in [4.78, 5) is 25.1. The molecule has 0 amide bonds. The molecule has 0 saturated heterocycles. The molecule has 0 saturated carbocycles. The fraction of sp³-hybridized carbons (Fsp3) is 0.238. The molecule has 1 aromatic heterocycles. The fourth-order valence-corrected chi connectivity index (χ4v) is 3.21. The summed E-state index contributed by atoms with van der Waals surface area (Å²) in [5, 5.41) is 9.66. The second-order valence-corrected chi connectivity index (χ2v) is 6.84. The lowest BCUT2D eigenvalue weighted by Crippen LogP contribution is -2.16. The number of fused-ring (bicyclic) bond motifs is 1. The van der Waals surface area contributed by atoms with E-state index in [9.17, 15) is 27.9 Å². The van der Waals surface area contributed by atoms with Crippen LogP contribution in [-0.2, 0) is 16.0 Å². The maximum absolute atomic E-state index is 14.7. The summed E-state index contributed by atoms with van der Waals surface area (Å²) >= 11 is 0. The van der Waals surface area contributed by atoms with Crippen molar-refractivity contribution in [1.82, 2.24) is 4.57 Å². The fourth-order valence-electron chi connectivity index (χ4n) is 3.21. The molecule has 2 aromatic carbocycles. The van der Waals surface area contributed by atoms with Crippen LogP contribution in [0.15, 0.2) is 30.3 Å². The van der Waals surface area contributed by atoms with Gasteiger partial charge in [-0.3, -0.25) is 14.2 Å². The molecule has 3 rings (SSSR count). The first-order chi connectivity index (χ1) is 13.6. The Morgan fingerprint density at radius 1 is 1.10 bits per heavy atom. The number of rotatable bonds is 4. The predicted octanol–water partition coefficient (Wildman–Crippen LogP) is 4.26. The van der Waals surface area contributed by atoms with Gasteiger partial charge in [-0.15, -0.1) is 0 Å². The minimum absolute atomic E-state index is 0.0832. The average molecular weight is 405 g/mol. The van der Waals surface area contributed by atoms with E-state index < -0.39 is 41.2 Å². The number of nitrogens with zero attached hydrogens (tertiary/aromatic N) is 1. The Labute approximate surface area is 164 Å². The molecule has 152 valence electrons. The van der Waals surface area contributed by atoms with Crippen LogP contribution in [0.2, 0.25) is 0 Å². The maximum atomic E-state index is 14.7. The molecule has 8 heteroatoms. The molecule has 3 aromatic rings. The Morgan fingerprint density at radius 2 is 1.79 bits per heavy atom. The number of aromatic nitrogens is 1. The molecule has 0 fully saturated rings. The molecule has 1 heterocycles. The largest absolute Gasteiger partial charge is 0.505 e. The Bertz CT molecular complexity index is 1130. The Morgan fingerprint density at radius 3 is 2.41 bits per heavy atom. The van der Waals surface area contributed by atoms with Crippen LogP contribution in [-0.4, -0.2) is 27.7 Å². The highest BCUT2D eigenvalue weighted by Crippen LogP contribution is 2.34. The van der Waals surface area contributed by atoms with E-state index in [0.717, 1.165) is 28.8 Å². The topological polar surface area (TPSA) is 68.5 Å². The molecular weight excluding hydrogens is 387 g/mol. The summed E-state index contributed by atoms with van der Waals surface area (Å²) < 4.78 is 47.7. The first-order valence-electron chi connectivity index (χ1n) is 8.82. The molecule has 1 N–H and O–H groups in total. The third-order valence-electron chi connectivity index (χ3n) is 4.47. The van der Waals surface area contributed by atoms with Crippen LogP contribution in [0.4, 0.5) is 13.2 Å². The Hall–Kier alpha value is -3.29. The van der Waals surface area contributed by atoms with Gasteiger partial charge < -0.3 is 9.84 Å². The molecule has 0 aliphatic carbocycles. The van der Waals surface area contributed by atoms with Crippen molar-refractivity contribution in [3.8, 4) is 5.75 Å². The number of carbonyl (C=O) groups excluding carboxylic acids is 2. The highest BCUT2D eigenvalue weighted by atomic mass is 19.2. The van der Waals surface area contributed by atoms with Crippen LogP contribution in [0.5, 0.6) is 5.75 Å². The normalized spacial score (nSPS) is 11.3. The monoisotopic (exact) mass is 405 g/mol. The van der Waals surface area contributed by atoms with E-state index in [0.29, 0.717) is 0 Å².